The van der Waals surface area contributed by atoms with Crippen molar-refractivity contribution >= 4 is 51.4 Å². The predicted octanol–water partition coefficient (Wildman–Crippen LogP) is 3.76. The lowest BCUT2D eigenvalue weighted by molar-refractivity contribution is 0.0940. The number of carbonyl (C=O) groups excluding carboxylic acids is 1. The Balaban J connectivity index is 1.59. The van der Waals surface area contributed by atoms with Gasteiger partial charge in [-0.3, -0.25) is 15.6 Å². The minimum absolute atomic E-state index is 0.298. The molecule has 0 fully saturated rings. The van der Waals surface area contributed by atoms with E-state index in [-0.39, 0.29) is 5.91 Å². The van der Waals surface area contributed by atoms with Gasteiger partial charge in [0, 0.05) is 21.6 Å². The molecular weight excluding hydrogens is 344 g/mol. The van der Waals surface area contributed by atoms with Crippen LogP contribution in [0.15, 0.2) is 48.5 Å². The summed E-state index contributed by atoms with van der Waals surface area (Å²) in [6, 6.07) is 14.9. The van der Waals surface area contributed by atoms with E-state index in [1.54, 1.807) is 18.2 Å². The molecule has 1 heterocycles. The molecular formula is C17H15ClN4OS. The summed E-state index contributed by atoms with van der Waals surface area (Å²) < 4.78 is 0. The van der Waals surface area contributed by atoms with E-state index in [2.05, 4.69) is 21.2 Å². The van der Waals surface area contributed by atoms with E-state index in [0.29, 0.717) is 15.8 Å². The van der Waals surface area contributed by atoms with Crippen LogP contribution in [0.5, 0.6) is 0 Å². The molecule has 3 aromatic rings. The minimum atomic E-state index is -0.324. The number of fused-ring (bicyclic) bond motifs is 1. The number of anilines is 1. The molecule has 24 heavy (non-hydrogen) atoms. The van der Waals surface area contributed by atoms with Gasteiger partial charge >= 0.3 is 0 Å². The molecule has 0 atom stereocenters. The third-order valence-electron chi connectivity index (χ3n) is 3.43. The normalized spacial score (nSPS) is 10.4. The zero-order valence-corrected chi connectivity index (χ0v) is 14.4. The summed E-state index contributed by atoms with van der Waals surface area (Å²) in [4.78, 5) is 15.2. The third kappa shape index (κ3) is 3.84. The van der Waals surface area contributed by atoms with Gasteiger partial charge in [0.05, 0.1) is 0 Å². The lowest BCUT2D eigenvalue weighted by Gasteiger charge is -2.11. The summed E-state index contributed by atoms with van der Waals surface area (Å²) in [5, 5.41) is 4.77. The van der Waals surface area contributed by atoms with Crippen LogP contribution in [0.25, 0.3) is 10.9 Å². The molecule has 0 bridgehead atoms. The second kappa shape index (κ2) is 6.90. The van der Waals surface area contributed by atoms with Crippen LogP contribution in [0.1, 0.15) is 16.1 Å². The minimum Gasteiger partial charge on any atom is -0.350 e. The monoisotopic (exact) mass is 358 g/mol. The molecule has 0 aliphatic carbocycles. The van der Waals surface area contributed by atoms with Gasteiger partial charge in [0.2, 0.25) is 0 Å². The number of hydrogen-bond donors (Lipinski definition) is 4. The molecule has 3 rings (SSSR count). The fraction of sp³-hybridized carbons (Fsp3) is 0.0588. The van der Waals surface area contributed by atoms with Gasteiger partial charge < -0.3 is 10.3 Å². The van der Waals surface area contributed by atoms with Crippen molar-refractivity contribution in [2.24, 2.45) is 0 Å². The molecule has 1 amide bonds. The number of aryl methyl sites for hydroxylation is 1. The predicted molar refractivity (Wildman–Crippen MR) is 101 cm³/mol. The zero-order chi connectivity index (χ0) is 17.1. The Labute approximate surface area is 149 Å². The third-order valence-corrected chi connectivity index (χ3v) is 3.87. The van der Waals surface area contributed by atoms with Gasteiger partial charge in [-0.05, 0) is 55.5 Å². The molecule has 4 N–H and O–H groups in total. The summed E-state index contributed by atoms with van der Waals surface area (Å²) >= 11 is 11.1. The maximum absolute atomic E-state index is 12.2. The highest BCUT2D eigenvalue weighted by molar-refractivity contribution is 7.80. The number of aromatic nitrogens is 1. The van der Waals surface area contributed by atoms with Crippen molar-refractivity contribution in [3.8, 4) is 0 Å². The SMILES string of the molecule is Cc1ccc(NC(=S)NNC(=O)c2cc3cc(Cl)ccc3[nH]2)cc1. The first kappa shape index (κ1) is 16.3. The zero-order valence-electron chi connectivity index (χ0n) is 12.8. The lowest BCUT2D eigenvalue weighted by atomic mass is 10.2. The van der Waals surface area contributed by atoms with E-state index < -0.39 is 0 Å². The maximum Gasteiger partial charge on any atom is 0.286 e. The number of amides is 1. The lowest BCUT2D eigenvalue weighted by Crippen LogP contribution is -2.43. The smallest absolute Gasteiger partial charge is 0.286 e. The molecule has 0 saturated carbocycles. The van der Waals surface area contributed by atoms with Crippen molar-refractivity contribution in [2.45, 2.75) is 6.92 Å². The van der Waals surface area contributed by atoms with Crippen LogP contribution >= 0.6 is 23.8 Å². The Hall–Kier alpha value is -2.57. The summed E-state index contributed by atoms with van der Waals surface area (Å²) in [5.74, 6) is -0.324. The molecule has 0 aliphatic rings. The molecule has 0 unspecified atom stereocenters. The van der Waals surface area contributed by atoms with Gasteiger partial charge in [0.25, 0.3) is 5.91 Å². The quantitative estimate of drug-likeness (QED) is 0.416. The van der Waals surface area contributed by atoms with Gasteiger partial charge in [-0.2, -0.15) is 0 Å². The second-order valence-electron chi connectivity index (χ2n) is 5.31. The van der Waals surface area contributed by atoms with Crippen LogP contribution in [0.3, 0.4) is 0 Å². The number of hydrazine groups is 1. The van der Waals surface area contributed by atoms with E-state index in [0.717, 1.165) is 22.2 Å². The van der Waals surface area contributed by atoms with Crippen molar-refractivity contribution in [3.05, 3.63) is 64.8 Å². The first-order valence-electron chi connectivity index (χ1n) is 7.23. The first-order chi connectivity index (χ1) is 11.5. The largest absolute Gasteiger partial charge is 0.350 e. The Morgan fingerprint density at radius 3 is 2.58 bits per heavy atom. The van der Waals surface area contributed by atoms with Crippen molar-refractivity contribution in [1.29, 1.82) is 0 Å². The van der Waals surface area contributed by atoms with Gasteiger partial charge in [0.15, 0.2) is 5.11 Å². The molecule has 5 nitrogen and oxygen atoms in total. The fourth-order valence-corrected chi connectivity index (χ4v) is 2.56. The molecule has 7 heteroatoms. The highest BCUT2D eigenvalue weighted by atomic mass is 35.5. The first-order valence-corrected chi connectivity index (χ1v) is 8.02. The van der Waals surface area contributed by atoms with E-state index in [1.165, 1.54) is 0 Å². The maximum atomic E-state index is 12.2. The topological polar surface area (TPSA) is 68.9 Å². The summed E-state index contributed by atoms with van der Waals surface area (Å²) in [6.45, 7) is 2.01. The highest BCUT2D eigenvalue weighted by Gasteiger charge is 2.10. The average Bonchev–Trinajstić information content (AvgIpc) is 2.98. The van der Waals surface area contributed by atoms with Gasteiger partial charge in [-0.1, -0.05) is 29.3 Å². The Bertz CT molecular complexity index is 905. The molecule has 2 aromatic carbocycles. The molecule has 1 aromatic heterocycles. The van der Waals surface area contributed by atoms with Crippen LogP contribution in [-0.2, 0) is 0 Å². The van der Waals surface area contributed by atoms with E-state index in [1.807, 2.05) is 37.3 Å². The fourth-order valence-electron chi connectivity index (χ4n) is 2.21. The number of rotatable bonds is 2. The second-order valence-corrected chi connectivity index (χ2v) is 6.16. The highest BCUT2D eigenvalue weighted by Crippen LogP contribution is 2.19. The molecule has 0 radical (unpaired) electrons. The van der Waals surface area contributed by atoms with E-state index in [9.17, 15) is 4.79 Å². The van der Waals surface area contributed by atoms with Crippen molar-refractivity contribution in [3.63, 3.8) is 0 Å². The van der Waals surface area contributed by atoms with E-state index >= 15 is 0 Å². The number of benzene rings is 2. The molecule has 122 valence electrons. The van der Waals surface area contributed by atoms with Gasteiger partial charge in [-0.15, -0.1) is 0 Å². The Kier molecular flexibility index (Phi) is 4.69. The number of carbonyl (C=O) groups is 1. The van der Waals surface area contributed by atoms with Gasteiger partial charge in [0.1, 0.15) is 5.69 Å². The van der Waals surface area contributed by atoms with Crippen LogP contribution in [0, 0.1) is 6.92 Å². The Morgan fingerprint density at radius 2 is 1.83 bits per heavy atom. The number of nitrogens with one attached hydrogen (secondary N) is 4. The van der Waals surface area contributed by atoms with E-state index in [4.69, 9.17) is 23.8 Å². The summed E-state index contributed by atoms with van der Waals surface area (Å²) in [7, 11) is 0. The molecule has 0 saturated heterocycles. The Morgan fingerprint density at radius 1 is 1.08 bits per heavy atom. The number of hydrogen-bond acceptors (Lipinski definition) is 2. The molecule has 0 aliphatic heterocycles. The average molecular weight is 359 g/mol. The van der Waals surface area contributed by atoms with Crippen LogP contribution < -0.4 is 16.2 Å². The van der Waals surface area contributed by atoms with Crippen molar-refractivity contribution in [1.82, 2.24) is 15.8 Å². The van der Waals surface area contributed by atoms with Crippen LogP contribution in [0.4, 0.5) is 5.69 Å². The standard InChI is InChI=1S/C17H15ClN4OS/c1-10-2-5-13(6-3-10)19-17(24)22-21-16(23)15-9-11-8-12(18)4-7-14(11)20-15/h2-9,20H,1H3,(H,21,23)(H2,19,22,24). The van der Waals surface area contributed by atoms with Gasteiger partial charge in [-0.25, -0.2) is 0 Å². The summed E-state index contributed by atoms with van der Waals surface area (Å²) in [5.41, 5.74) is 8.48. The number of halogens is 1. The van der Waals surface area contributed by atoms with Crippen LogP contribution in [0.2, 0.25) is 5.02 Å². The number of aromatic amines is 1. The van der Waals surface area contributed by atoms with Crippen LogP contribution in [-0.4, -0.2) is 16.0 Å². The van der Waals surface area contributed by atoms with Crippen molar-refractivity contribution < 1.29 is 4.79 Å². The number of thiocarbonyl (C=S) groups is 1. The van der Waals surface area contributed by atoms with Crippen molar-refractivity contribution in [2.75, 3.05) is 5.32 Å². The number of H-pyrrole nitrogens is 1. The summed E-state index contributed by atoms with van der Waals surface area (Å²) in [6.07, 6.45) is 0. The molecule has 0 spiro atoms.